The molecule has 2 nitrogen and oxygen atoms in total. The molecule has 0 aliphatic heterocycles. The molecule has 0 bridgehead atoms. The molecule has 0 spiro atoms. The zero-order chi connectivity index (χ0) is 15.0. The Labute approximate surface area is 127 Å². The summed E-state index contributed by atoms with van der Waals surface area (Å²) in [6, 6.07) is 3.85. The molecule has 0 unspecified atom stereocenters. The molecule has 21 heavy (non-hydrogen) atoms. The molecule has 1 saturated carbocycles. The van der Waals surface area contributed by atoms with Gasteiger partial charge in [0.15, 0.2) is 0 Å². The molecule has 1 fully saturated rings. The molecule has 1 aromatic carbocycles. The molecular weight excluding hydrogens is 290 g/mol. The van der Waals surface area contributed by atoms with Gasteiger partial charge in [0.1, 0.15) is 16.6 Å². The molecule has 0 radical (unpaired) electrons. The van der Waals surface area contributed by atoms with Gasteiger partial charge in [-0.15, -0.1) is 11.3 Å². The van der Waals surface area contributed by atoms with Crippen molar-refractivity contribution in [1.82, 2.24) is 4.98 Å². The molecule has 1 aliphatic rings. The van der Waals surface area contributed by atoms with Crippen LogP contribution in [0.15, 0.2) is 23.6 Å². The Morgan fingerprint density at radius 3 is 2.48 bits per heavy atom. The molecule has 3 rings (SSSR count). The number of benzene rings is 1. The van der Waals surface area contributed by atoms with Crippen LogP contribution < -0.4 is 5.73 Å². The molecule has 0 atom stereocenters. The summed E-state index contributed by atoms with van der Waals surface area (Å²) in [5.74, 6) is -0.490. The normalized spacial score (nSPS) is 26.0. The maximum atomic E-state index is 13.8. The van der Waals surface area contributed by atoms with Crippen molar-refractivity contribution in [3.05, 3.63) is 40.2 Å². The average Bonchev–Trinajstić information content (AvgIpc) is 2.92. The second kappa shape index (κ2) is 5.46. The van der Waals surface area contributed by atoms with Gasteiger partial charge < -0.3 is 5.73 Å². The highest BCUT2D eigenvalue weighted by Crippen LogP contribution is 2.40. The van der Waals surface area contributed by atoms with Gasteiger partial charge in [-0.2, -0.15) is 0 Å². The van der Waals surface area contributed by atoms with Crippen LogP contribution in [-0.4, -0.2) is 4.98 Å². The fourth-order valence-electron chi connectivity index (χ4n) is 2.85. The molecule has 2 N–H and O–H groups in total. The number of hydrogen-bond acceptors (Lipinski definition) is 3. The maximum absolute atomic E-state index is 13.8. The number of nitrogens with two attached hydrogens (primary N) is 1. The van der Waals surface area contributed by atoms with E-state index in [0.29, 0.717) is 11.6 Å². The molecule has 5 heteroatoms. The van der Waals surface area contributed by atoms with Gasteiger partial charge in [-0.1, -0.05) is 13.0 Å². The number of nitrogens with zero attached hydrogens (tertiary/aromatic N) is 1. The van der Waals surface area contributed by atoms with Crippen LogP contribution in [0.5, 0.6) is 0 Å². The van der Waals surface area contributed by atoms with Gasteiger partial charge in [0.25, 0.3) is 0 Å². The molecule has 0 saturated heterocycles. The van der Waals surface area contributed by atoms with Crippen molar-refractivity contribution >= 4 is 11.3 Å². The second-order valence-electron chi connectivity index (χ2n) is 5.97. The lowest BCUT2D eigenvalue weighted by Crippen LogP contribution is -2.40. The number of aromatic nitrogens is 1. The molecule has 2 aromatic rings. The van der Waals surface area contributed by atoms with Crippen LogP contribution in [0.1, 0.15) is 37.6 Å². The highest BCUT2D eigenvalue weighted by atomic mass is 32.1. The molecule has 112 valence electrons. The van der Waals surface area contributed by atoms with Crippen LogP contribution in [0, 0.1) is 17.6 Å². The summed E-state index contributed by atoms with van der Waals surface area (Å²) in [6.45, 7) is 2.22. The van der Waals surface area contributed by atoms with Gasteiger partial charge in [-0.3, -0.25) is 0 Å². The van der Waals surface area contributed by atoms with Crippen molar-refractivity contribution in [1.29, 1.82) is 0 Å². The fraction of sp³-hybridized carbons (Fsp3) is 0.438. The predicted molar refractivity (Wildman–Crippen MR) is 81.0 cm³/mol. The summed E-state index contributed by atoms with van der Waals surface area (Å²) < 4.78 is 27.7. The van der Waals surface area contributed by atoms with Crippen LogP contribution in [0.2, 0.25) is 0 Å². The number of hydrogen-bond donors (Lipinski definition) is 1. The number of halogens is 2. The molecular formula is C16H18F2N2S. The summed E-state index contributed by atoms with van der Waals surface area (Å²) in [4.78, 5) is 4.44. The van der Waals surface area contributed by atoms with Crippen LogP contribution in [0.25, 0.3) is 11.3 Å². The summed E-state index contributed by atoms with van der Waals surface area (Å²) in [6.07, 6.45) is 3.89. The Kier molecular flexibility index (Phi) is 3.80. The van der Waals surface area contributed by atoms with Gasteiger partial charge in [-0.25, -0.2) is 13.8 Å². The predicted octanol–water partition coefficient (Wildman–Crippen LogP) is 4.45. The lowest BCUT2D eigenvalue weighted by Gasteiger charge is -2.34. The topological polar surface area (TPSA) is 38.9 Å². The number of thiazole rings is 1. The van der Waals surface area contributed by atoms with Gasteiger partial charge in [0, 0.05) is 5.38 Å². The minimum Gasteiger partial charge on any atom is -0.319 e. The van der Waals surface area contributed by atoms with E-state index < -0.39 is 17.2 Å². The Morgan fingerprint density at radius 1 is 1.24 bits per heavy atom. The fourth-order valence-corrected chi connectivity index (χ4v) is 3.83. The van der Waals surface area contributed by atoms with E-state index in [4.69, 9.17) is 5.73 Å². The third kappa shape index (κ3) is 2.72. The lowest BCUT2D eigenvalue weighted by atomic mass is 9.78. The zero-order valence-electron chi connectivity index (χ0n) is 11.9. The van der Waals surface area contributed by atoms with E-state index in [1.165, 1.54) is 29.5 Å². The van der Waals surface area contributed by atoms with E-state index in [1.54, 1.807) is 5.38 Å². The first-order valence-corrected chi connectivity index (χ1v) is 8.07. The summed E-state index contributed by atoms with van der Waals surface area (Å²) in [5, 5.41) is 2.48. The van der Waals surface area contributed by atoms with Crippen molar-refractivity contribution in [2.24, 2.45) is 11.7 Å². The second-order valence-corrected chi connectivity index (χ2v) is 6.83. The molecule has 1 aliphatic carbocycles. The quantitative estimate of drug-likeness (QED) is 0.890. The summed E-state index contributed by atoms with van der Waals surface area (Å²) >= 11 is 1.40. The first kappa shape index (κ1) is 14.6. The van der Waals surface area contributed by atoms with Crippen LogP contribution in [0.4, 0.5) is 8.78 Å². The zero-order valence-corrected chi connectivity index (χ0v) is 12.7. The van der Waals surface area contributed by atoms with E-state index in [0.717, 1.165) is 30.7 Å². The van der Waals surface area contributed by atoms with Gasteiger partial charge in [-0.05, 0) is 43.7 Å². The van der Waals surface area contributed by atoms with Crippen LogP contribution >= 0.6 is 11.3 Å². The molecule has 1 aromatic heterocycles. The SMILES string of the molecule is CC1CCC(N)(c2nc(-c3c(F)cccc3F)cs2)CC1. The first-order chi connectivity index (χ1) is 9.99. The average molecular weight is 308 g/mol. The van der Waals surface area contributed by atoms with Crippen molar-refractivity contribution in [2.45, 2.75) is 38.1 Å². The monoisotopic (exact) mass is 308 g/mol. The third-order valence-electron chi connectivity index (χ3n) is 4.32. The smallest absolute Gasteiger partial charge is 0.135 e. The largest absolute Gasteiger partial charge is 0.319 e. The van der Waals surface area contributed by atoms with Crippen molar-refractivity contribution in [3.63, 3.8) is 0 Å². The third-order valence-corrected chi connectivity index (χ3v) is 5.38. The standard InChI is InChI=1S/C16H18F2N2S/c1-10-5-7-16(19,8-6-10)15-20-13(9-21-15)14-11(17)3-2-4-12(14)18/h2-4,9-10H,5-8,19H2,1H3. The first-order valence-electron chi connectivity index (χ1n) is 7.19. The van der Waals surface area contributed by atoms with E-state index in [1.807, 2.05) is 0 Å². The Morgan fingerprint density at radius 2 is 1.86 bits per heavy atom. The molecule has 1 heterocycles. The van der Waals surface area contributed by atoms with Crippen molar-refractivity contribution < 1.29 is 8.78 Å². The van der Waals surface area contributed by atoms with Gasteiger partial charge >= 0.3 is 0 Å². The minimum absolute atomic E-state index is 0.0622. The van der Waals surface area contributed by atoms with E-state index in [-0.39, 0.29) is 5.56 Å². The highest BCUT2D eigenvalue weighted by Gasteiger charge is 2.34. The highest BCUT2D eigenvalue weighted by molar-refractivity contribution is 7.10. The molecule has 0 amide bonds. The Bertz CT molecular complexity index is 625. The van der Waals surface area contributed by atoms with Crippen molar-refractivity contribution in [2.75, 3.05) is 0 Å². The van der Waals surface area contributed by atoms with E-state index >= 15 is 0 Å². The maximum Gasteiger partial charge on any atom is 0.135 e. The Balaban J connectivity index is 1.94. The van der Waals surface area contributed by atoms with Gasteiger partial charge in [0.2, 0.25) is 0 Å². The van der Waals surface area contributed by atoms with E-state index in [9.17, 15) is 8.78 Å². The number of rotatable bonds is 2. The summed E-state index contributed by atoms with van der Waals surface area (Å²) in [7, 11) is 0. The van der Waals surface area contributed by atoms with Crippen LogP contribution in [0.3, 0.4) is 0 Å². The van der Waals surface area contributed by atoms with Crippen molar-refractivity contribution in [3.8, 4) is 11.3 Å². The minimum atomic E-state index is -0.588. The summed E-state index contributed by atoms with van der Waals surface area (Å²) in [5.41, 5.74) is 6.30. The lowest BCUT2D eigenvalue weighted by molar-refractivity contribution is 0.247. The van der Waals surface area contributed by atoms with E-state index in [2.05, 4.69) is 11.9 Å². The van der Waals surface area contributed by atoms with Gasteiger partial charge in [0.05, 0.1) is 16.8 Å². The van der Waals surface area contributed by atoms with Crippen LogP contribution in [-0.2, 0) is 5.54 Å². The Hall–Kier alpha value is -1.33.